The van der Waals surface area contributed by atoms with Crippen LogP contribution in [-0.4, -0.2) is 28.1 Å². The van der Waals surface area contributed by atoms with Gasteiger partial charge in [-0.15, -0.1) is 0 Å². The summed E-state index contributed by atoms with van der Waals surface area (Å²) in [4.78, 5) is 23.9. The normalized spacial score (nSPS) is 17.4. The number of fused-ring (bicyclic) bond motifs is 1. The standard InChI is InChI=1S/C13H18N2O3/c1-5-18-12(17)10-9-11(15(4)14-10)8(16)6-7-13(9,2)3/h5-7H2,1-4H3. The summed E-state index contributed by atoms with van der Waals surface area (Å²) in [6, 6.07) is 0. The van der Waals surface area contributed by atoms with Gasteiger partial charge in [0.15, 0.2) is 11.5 Å². The molecule has 0 radical (unpaired) electrons. The van der Waals surface area contributed by atoms with Gasteiger partial charge in [-0.25, -0.2) is 4.79 Å². The highest BCUT2D eigenvalue weighted by atomic mass is 16.5. The van der Waals surface area contributed by atoms with Crippen LogP contribution in [0.15, 0.2) is 0 Å². The molecule has 1 heterocycles. The van der Waals surface area contributed by atoms with E-state index in [-0.39, 0.29) is 16.9 Å². The van der Waals surface area contributed by atoms with E-state index in [2.05, 4.69) is 5.10 Å². The number of carbonyl (C=O) groups excluding carboxylic acids is 2. The molecule has 1 aromatic rings. The van der Waals surface area contributed by atoms with E-state index in [1.165, 1.54) is 4.68 Å². The number of aromatic nitrogens is 2. The maximum Gasteiger partial charge on any atom is 0.359 e. The van der Waals surface area contributed by atoms with Crippen LogP contribution >= 0.6 is 0 Å². The van der Waals surface area contributed by atoms with Crippen LogP contribution in [0.4, 0.5) is 0 Å². The number of ether oxygens (including phenoxy) is 1. The number of Topliss-reactive ketones (excluding diaryl/α,β-unsaturated/α-hetero) is 1. The van der Waals surface area contributed by atoms with Crippen molar-refractivity contribution in [2.75, 3.05) is 6.61 Å². The lowest BCUT2D eigenvalue weighted by atomic mass is 9.73. The first-order chi connectivity index (χ1) is 8.38. The summed E-state index contributed by atoms with van der Waals surface area (Å²) < 4.78 is 6.51. The molecule has 0 aromatic carbocycles. The fourth-order valence-electron chi connectivity index (χ4n) is 2.50. The number of hydrogen-bond donors (Lipinski definition) is 0. The predicted octanol–water partition coefficient (Wildman–Crippen LogP) is 1.85. The molecule has 0 fully saturated rings. The van der Waals surface area contributed by atoms with Crippen LogP contribution in [0.3, 0.4) is 0 Å². The molecule has 1 aliphatic carbocycles. The third kappa shape index (κ3) is 1.83. The van der Waals surface area contributed by atoms with Crippen molar-refractivity contribution in [1.29, 1.82) is 0 Å². The van der Waals surface area contributed by atoms with Gasteiger partial charge >= 0.3 is 5.97 Å². The van der Waals surface area contributed by atoms with E-state index in [9.17, 15) is 9.59 Å². The van der Waals surface area contributed by atoms with E-state index in [0.717, 1.165) is 12.0 Å². The molecule has 0 bridgehead atoms. The largest absolute Gasteiger partial charge is 0.461 e. The van der Waals surface area contributed by atoms with Gasteiger partial charge < -0.3 is 4.74 Å². The van der Waals surface area contributed by atoms with E-state index in [1.54, 1.807) is 14.0 Å². The number of aryl methyl sites for hydroxylation is 1. The van der Waals surface area contributed by atoms with Gasteiger partial charge in [0.1, 0.15) is 5.69 Å². The Kier molecular flexibility index (Phi) is 3.00. The van der Waals surface area contributed by atoms with Crippen molar-refractivity contribution < 1.29 is 14.3 Å². The highest BCUT2D eigenvalue weighted by Gasteiger charge is 2.39. The van der Waals surface area contributed by atoms with Gasteiger partial charge in [0.05, 0.1) is 6.61 Å². The average Bonchev–Trinajstić information content (AvgIpc) is 2.64. The van der Waals surface area contributed by atoms with Crippen molar-refractivity contribution >= 4 is 11.8 Å². The van der Waals surface area contributed by atoms with Crippen molar-refractivity contribution in [3.05, 3.63) is 17.0 Å². The Morgan fingerprint density at radius 1 is 1.50 bits per heavy atom. The van der Waals surface area contributed by atoms with Crippen LogP contribution in [0, 0.1) is 0 Å². The number of ketones is 1. The first-order valence-corrected chi connectivity index (χ1v) is 6.16. The molecule has 0 spiro atoms. The van der Waals surface area contributed by atoms with Gasteiger partial charge in [-0.05, 0) is 18.8 Å². The Morgan fingerprint density at radius 3 is 2.78 bits per heavy atom. The van der Waals surface area contributed by atoms with Crippen LogP contribution in [-0.2, 0) is 17.2 Å². The van der Waals surface area contributed by atoms with Gasteiger partial charge in [-0.3, -0.25) is 9.48 Å². The Hall–Kier alpha value is -1.65. The van der Waals surface area contributed by atoms with E-state index >= 15 is 0 Å². The van der Waals surface area contributed by atoms with Crippen molar-refractivity contribution in [2.24, 2.45) is 7.05 Å². The molecule has 1 aliphatic rings. The van der Waals surface area contributed by atoms with Gasteiger partial charge in [0, 0.05) is 19.0 Å². The van der Waals surface area contributed by atoms with Gasteiger partial charge in [-0.1, -0.05) is 13.8 Å². The molecule has 2 rings (SSSR count). The lowest BCUT2D eigenvalue weighted by molar-refractivity contribution is 0.0515. The minimum atomic E-state index is -0.447. The zero-order chi connectivity index (χ0) is 13.5. The second-order valence-corrected chi connectivity index (χ2v) is 5.22. The summed E-state index contributed by atoms with van der Waals surface area (Å²) in [5, 5.41) is 4.18. The third-order valence-corrected chi connectivity index (χ3v) is 3.43. The fraction of sp³-hybridized carbons (Fsp3) is 0.615. The fourth-order valence-corrected chi connectivity index (χ4v) is 2.50. The van der Waals surface area contributed by atoms with Crippen LogP contribution in [0.1, 0.15) is 60.2 Å². The highest BCUT2D eigenvalue weighted by molar-refractivity contribution is 6.01. The summed E-state index contributed by atoms with van der Waals surface area (Å²) >= 11 is 0. The molecule has 0 amide bonds. The van der Waals surface area contributed by atoms with Crippen LogP contribution in [0.2, 0.25) is 0 Å². The summed E-state index contributed by atoms with van der Waals surface area (Å²) in [5.41, 5.74) is 1.35. The van der Waals surface area contributed by atoms with E-state index in [0.29, 0.717) is 18.7 Å². The molecule has 0 N–H and O–H groups in total. The van der Waals surface area contributed by atoms with E-state index in [4.69, 9.17) is 4.74 Å². The molecule has 0 atom stereocenters. The monoisotopic (exact) mass is 250 g/mol. The van der Waals surface area contributed by atoms with Gasteiger partial charge in [0.25, 0.3) is 0 Å². The first-order valence-electron chi connectivity index (χ1n) is 6.16. The minimum Gasteiger partial charge on any atom is -0.461 e. The smallest absolute Gasteiger partial charge is 0.359 e. The summed E-state index contributed by atoms with van der Waals surface area (Å²) in [5.74, 6) is -0.396. The molecule has 18 heavy (non-hydrogen) atoms. The Labute approximate surface area is 106 Å². The van der Waals surface area contributed by atoms with E-state index < -0.39 is 5.97 Å². The van der Waals surface area contributed by atoms with Crippen LogP contribution in [0.5, 0.6) is 0 Å². The average molecular weight is 250 g/mol. The van der Waals surface area contributed by atoms with Gasteiger partial charge in [0.2, 0.25) is 0 Å². The quantitative estimate of drug-likeness (QED) is 0.751. The molecule has 0 aliphatic heterocycles. The van der Waals surface area contributed by atoms with Crippen molar-refractivity contribution in [3.63, 3.8) is 0 Å². The minimum absolute atomic E-state index is 0.0508. The van der Waals surface area contributed by atoms with E-state index in [1.807, 2.05) is 13.8 Å². The third-order valence-electron chi connectivity index (χ3n) is 3.43. The maximum atomic E-state index is 12.0. The second-order valence-electron chi connectivity index (χ2n) is 5.22. The zero-order valence-corrected chi connectivity index (χ0v) is 11.2. The number of nitrogens with zero attached hydrogens (tertiary/aromatic N) is 2. The van der Waals surface area contributed by atoms with Crippen molar-refractivity contribution in [2.45, 2.75) is 39.0 Å². The number of carbonyl (C=O) groups is 2. The SMILES string of the molecule is CCOC(=O)c1nn(C)c2c1C(C)(C)CCC2=O. The lowest BCUT2D eigenvalue weighted by Crippen LogP contribution is -2.29. The molecule has 0 unspecified atom stereocenters. The lowest BCUT2D eigenvalue weighted by Gasteiger charge is -2.29. The predicted molar refractivity (Wildman–Crippen MR) is 65.8 cm³/mol. The molecule has 0 saturated heterocycles. The number of rotatable bonds is 2. The van der Waals surface area contributed by atoms with Crippen molar-refractivity contribution in [1.82, 2.24) is 9.78 Å². The molecule has 5 nitrogen and oxygen atoms in total. The summed E-state index contributed by atoms with van der Waals surface area (Å²) in [6.45, 7) is 6.12. The molecule has 0 saturated carbocycles. The number of esters is 1. The van der Waals surface area contributed by atoms with Gasteiger partial charge in [-0.2, -0.15) is 5.10 Å². The second kappa shape index (κ2) is 4.23. The van der Waals surface area contributed by atoms with Crippen molar-refractivity contribution in [3.8, 4) is 0 Å². The van der Waals surface area contributed by atoms with Crippen LogP contribution in [0.25, 0.3) is 0 Å². The highest BCUT2D eigenvalue weighted by Crippen LogP contribution is 2.38. The Balaban J connectivity index is 2.61. The summed E-state index contributed by atoms with van der Waals surface area (Å²) in [7, 11) is 1.70. The summed E-state index contributed by atoms with van der Waals surface area (Å²) in [6.07, 6.45) is 1.23. The molecule has 98 valence electrons. The topological polar surface area (TPSA) is 61.2 Å². The maximum absolute atomic E-state index is 12.0. The Bertz CT molecular complexity index is 515. The Morgan fingerprint density at radius 2 is 2.17 bits per heavy atom. The molecular formula is C13H18N2O3. The zero-order valence-electron chi connectivity index (χ0n) is 11.2. The molecule has 5 heteroatoms. The molecule has 1 aromatic heterocycles. The first kappa shape index (κ1) is 12.8. The van der Waals surface area contributed by atoms with Crippen LogP contribution < -0.4 is 0 Å². The number of hydrogen-bond acceptors (Lipinski definition) is 4. The molecular weight excluding hydrogens is 232 g/mol.